The molecule has 2 heterocycles. The maximum absolute atomic E-state index is 13.4. The minimum atomic E-state index is -1.17. The van der Waals surface area contributed by atoms with E-state index in [-0.39, 0.29) is 27.6 Å². The van der Waals surface area contributed by atoms with Gasteiger partial charge in [0.25, 0.3) is 11.8 Å². The van der Waals surface area contributed by atoms with Gasteiger partial charge in [0.05, 0.1) is 30.5 Å². The van der Waals surface area contributed by atoms with Crippen LogP contribution in [-0.2, 0) is 9.59 Å². The van der Waals surface area contributed by atoms with Crippen LogP contribution in [0.25, 0.3) is 11.8 Å². The Morgan fingerprint density at radius 2 is 1.76 bits per heavy atom. The molecule has 0 unspecified atom stereocenters. The summed E-state index contributed by atoms with van der Waals surface area (Å²) >= 11 is 6.01. The Bertz CT molecular complexity index is 1510. The lowest BCUT2D eigenvalue weighted by atomic mass is 10.1. The van der Waals surface area contributed by atoms with E-state index in [1.807, 2.05) is 0 Å². The number of anilines is 1. The van der Waals surface area contributed by atoms with E-state index in [0.717, 1.165) is 10.6 Å². The number of carbonyl (C=O) groups excluding carboxylic acids is 3. The number of halogens is 1. The first-order valence-electron chi connectivity index (χ1n) is 10.9. The topological polar surface area (TPSA) is 127 Å². The Labute approximate surface area is 216 Å². The number of nitrogens with zero attached hydrogens (tertiary/aromatic N) is 2. The molecular formula is C26H22ClN3O7. The van der Waals surface area contributed by atoms with Crippen molar-refractivity contribution >= 4 is 47.2 Å². The summed E-state index contributed by atoms with van der Waals surface area (Å²) in [5.74, 6) is -2.19. The highest BCUT2D eigenvalue weighted by Crippen LogP contribution is 2.35. The van der Waals surface area contributed by atoms with Crippen molar-refractivity contribution in [1.82, 2.24) is 9.88 Å². The highest BCUT2D eigenvalue weighted by Gasteiger charge is 2.38. The van der Waals surface area contributed by atoms with Crippen molar-refractivity contribution in [1.29, 1.82) is 0 Å². The fourth-order valence-electron chi connectivity index (χ4n) is 4.15. The molecule has 4 rings (SSSR count). The SMILES string of the molecule is COc1ccc(N2C(=O)NC(=O)/C(=C/c3cc(C)n(-c4ccc(Cl)c(C(=O)O)c4)c3C)C2=O)c(OC)c1. The Morgan fingerprint density at radius 3 is 2.41 bits per heavy atom. The van der Waals surface area contributed by atoms with E-state index < -0.39 is 23.8 Å². The lowest BCUT2D eigenvalue weighted by Gasteiger charge is -2.27. The molecule has 1 fully saturated rings. The zero-order valence-corrected chi connectivity index (χ0v) is 21.0. The number of barbiturate groups is 1. The third kappa shape index (κ3) is 4.54. The van der Waals surface area contributed by atoms with Crippen LogP contribution >= 0.6 is 11.6 Å². The van der Waals surface area contributed by atoms with E-state index in [9.17, 15) is 24.3 Å². The number of carbonyl (C=O) groups is 4. The second kappa shape index (κ2) is 9.82. The van der Waals surface area contributed by atoms with Crippen LogP contribution in [0, 0.1) is 13.8 Å². The molecule has 4 amide bonds. The Kier molecular flexibility index (Phi) is 6.78. The summed E-state index contributed by atoms with van der Waals surface area (Å²) < 4.78 is 12.3. The Hall–Kier alpha value is -4.57. The van der Waals surface area contributed by atoms with Crippen LogP contribution in [0.1, 0.15) is 27.3 Å². The third-order valence-corrected chi connectivity index (χ3v) is 6.27. The van der Waals surface area contributed by atoms with Crippen molar-refractivity contribution in [3.05, 3.63) is 75.6 Å². The number of urea groups is 1. The van der Waals surface area contributed by atoms with E-state index >= 15 is 0 Å². The molecular weight excluding hydrogens is 502 g/mol. The van der Waals surface area contributed by atoms with Gasteiger partial charge in [0.2, 0.25) is 0 Å². The van der Waals surface area contributed by atoms with Gasteiger partial charge in [-0.15, -0.1) is 0 Å². The van der Waals surface area contributed by atoms with E-state index in [4.69, 9.17) is 21.1 Å². The number of carboxylic acid groups (broad SMARTS) is 1. The molecule has 0 saturated carbocycles. The van der Waals surface area contributed by atoms with E-state index in [1.54, 1.807) is 36.6 Å². The number of nitrogens with one attached hydrogen (secondary N) is 1. The molecule has 11 heteroatoms. The molecule has 0 radical (unpaired) electrons. The standard InChI is InChI=1S/C26H22ClN3O7/c1-13-9-15(14(2)29(13)16-5-7-20(27)18(11-16)25(33)34)10-19-23(31)28-26(35)30(24(19)32)21-8-6-17(36-3)12-22(21)37-4/h5-12H,1-4H3,(H,33,34)(H,28,31,35)/b19-10-. The fourth-order valence-corrected chi connectivity index (χ4v) is 4.35. The molecule has 1 aliphatic heterocycles. The molecule has 0 spiro atoms. The van der Waals surface area contributed by atoms with Gasteiger partial charge in [-0.3, -0.25) is 14.9 Å². The Morgan fingerprint density at radius 1 is 1.03 bits per heavy atom. The quantitative estimate of drug-likeness (QED) is 0.367. The average Bonchev–Trinajstić information content (AvgIpc) is 3.14. The van der Waals surface area contributed by atoms with Gasteiger partial charge in [-0.2, -0.15) is 0 Å². The molecule has 1 aromatic heterocycles. The van der Waals surface area contributed by atoms with Crippen molar-refractivity contribution in [3.8, 4) is 17.2 Å². The van der Waals surface area contributed by atoms with Crippen molar-refractivity contribution in [3.63, 3.8) is 0 Å². The minimum Gasteiger partial charge on any atom is -0.497 e. The number of imide groups is 2. The molecule has 1 aliphatic rings. The first-order valence-corrected chi connectivity index (χ1v) is 11.3. The van der Waals surface area contributed by atoms with E-state index in [0.29, 0.717) is 22.7 Å². The summed E-state index contributed by atoms with van der Waals surface area (Å²) in [6, 6.07) is 9.98. The average molecular weight is 524 g/mol. The van der Waals surface area contributed by atoms with Crippen molar-refractivity contribution < 1.29 is 33.8 Å². The number of benzene rings is 2. The maximum atomic E-state index is 13.4. The lowest BCUT2D eigenvalue weighted by molar-refractivity contribution is -0.122. The van der Waals surface area contributed by atoms with Gasteiger partial charge in [0, 0.05) is 23.1 Å². The zero-order chi connectivity index (χ0) is 27.0. The second-order valence-electron chi connectivity index (χ2n) is 8.13. The van der Waals surface area contributed by atoms with E-state index in [2.05, 4.69) is 5.32 Å². The molecule has 2 N–H and O–H groups in total. The number of rotatable bonds is 6. The summed E-state index contributed by atoms with van der Waals surface area (Å²) in [5, 5.41) is 11.7. The highest BCUT2D eigenvalue weighted by molar-refractivity contribution is 6.39. The van der Waals surface area contributed by atoms with Gasteiger partial charge in [-0.1, -0.05) is 11.6 Å². The number of aromatic carboxylic acids is 1. The summed E-state index contributed by atoms with van der Waals surface area (Å²) in [5.41, 5.74) is 2.23. The number of methoxy groups -OCH3 is 2. The van der Waals surface area contributed by atoms with Crippen LogP contribution in [0.15, 0.2) is 48.0 Å². The normalized spacial score (nSPS) is 14.7. The molecule has 10 nitrogen and oxygen atoms in total. The van der Waals surface area contributed by atoms with Crippen LogP contribution in [0.2, 0.25) is 5.02 Å². The van der Waals surface area contributed by atoms with Gasteiger partial charge in [0.15, 0.2) is 0 Å². The number of ether oxygens (including phenoxy) is 2. The monoisotopic (exact) mass is 523 g/mol. The van der Waals surface area contributed by atoms with Crippen molar-refractivity contribution in [2.45, 2.75) is 13.8 Å². The van der Waals surface area contributed by atoms with Crippen LogP contribution in [0.5, 0.6) is 11.5 Å². The Balaban J connectivity index is 1.78. The molecule has 190 valence electrons. The predicted octanol–water partition coefficient (Wildman–Crippen LogP) is 4.13. The number of carboxylic acids is 1. The van der Waals surface area contributed by atoms with Gasteiger partial charge in [0.1, 0.15) is 17.1 Å². The highest BCUT2D eigenvalue weighted by atomic mass is 35.5. The second-order valence-corrected chi connectivity index (χ2v) is 8.53. The lowest BCUT2D eigenvalue weighted by Crippen LogP contribution is -2.54. The van der Waals surface area contributed by atoms with Crippen LogP contribution in [0.3, 0.4) is 0 Å². The van der Waals surface area contributed by atoms with Crippen molar-refractivity contribution in [2.24, 2.45) is 0 Å². The van der Waals surface area contributed by atoms with E-state index in [1.165, 1.54) is 44.6 Å². The predicted molar refractivity (Wildman–Crippen MR) is 136 cm³/mol. The molecule has 3 aromatic rings. The van der Waals surface area contributed by atoms with Crippen LogP contribution in [0.4, 0.5) is 10.5 Å². The molecule has 1 saturated heterocycles. The number of aryl methyl sites for hydroxylation is 1. The van der Waals surface area contributed by atoms with Gasteiger partial charge >= 0.3 is 12.0 Å². The summed E-state index contributed by atoms with van der Waals surface area (Å²) in [7, 11) is 2.85. The van der Waals surface area contributed by atoms with Gasteiger partial charge in [-0.05, 0) is 61.9 Å². The maximum Gasteiger partial charge on any atom is 0.337 e. The number of amides is 4. The zero-order valence-electron chi connectivity index (χ0n) is 20.3. The number of aromatic nitrogens is 1. The molecule has 0 atom stereocenters. The molecule has 37 heavy (non-hydrogen) atoms. The molecule has 0 aliphatic carbocycles. The summed E-state index contributed by atoms with van der Waals surface area (Å²) in [6.07, 6.45) is 1.39. The first-order chi connectivity index (χ1) is 17.6. The smallest absolute Gasteiger partial charge is 0.337 e. The van der Waals surface area contributed by atoms with Crippen molar-refractivity contribution in [2.75, 3.05) is 19.1 Å². The van der Waals surface area contributed by atoms with Crippen LogP contribution in [-0.4, -0.2) is 47.7 Å². The summed E-state index contributed by atoms with van der Waals surface area (Å²) in [6.45, 7) is 3.56. The summed E-state index contributed by atoms with van der Waals surface area (Å²) in [4.78, 5) is 51.1. The number of hydrogen-bond donors (Lipinski definition) is 2. The minimum absolute atomic E-state index is 0.0593. The van der Waals surface area contributed by atoms with Gasteiger partial charge in [-0.25, -0.2) is 14.5 Å². The van der Waals surface area contributed by atoms with Crippen LogP contribution < -0.4 is 19.7 Å². The molecule has 2 aromatic carbocycles. The first kappa shape index (κ1) is 25.5. The third-order valence-electron chi connectivity index (χ3n) is 5.94. The largest absolute Gasteiger partial charge is 0.497 e. The molecule has 0 bridgehead atoms. The number of hydrogen-bond acceptors (Lipinski definition) is 6. The van der Waals surface area contributed by atoms with Gasteiger partial charge < -0.3 is 19.1 Å². The fraction of sp³-hybridized carbons (Fsp3) is 0.154.